The van der Waals surface area contributed by atoms with Crippen molar-refractivity contribution in [3.05, 3.63) is 0 Å². The second kappa shape index (κ2) is 4.19. The molecule has 0 radical (unpaired) electrons. The molecule has 0 bridgehead atoms. The first-order chi connectivity index (χ1) is 6.72. The summed E-state index contributed by atoms with van der Waals surface area (Å²) in [4.78, 5) is 2.60. The standard InChI is InChI=1S/C12H24N2/c1-2-4-11-5-8-14(9-11)10-12(13)6-3-7-12/h11H,2-10,13H2,1H3. The summed E-state index contributed by atoms with van der Waals surface area (Å²) in [6.45, 7) is 6.06. The molecule has 0 spiro atoms. The number of nitrogens with two attached hydrogens (primary N) is 1. The van der Waals surface area contributed by atoms with Crippen LogP contribution < -0.4 is 5.73 Å². The van der Waals surface area contributed by atoms with Gasteiger partial charge in [0.1, 0.15) is 0 Å². The minimum absolute atomic E-state index is 0.196. The van der Waals surface area contributed by atoms with Gasteiger partial charge in [0, 0.05) is 18.6 Å². The average molecular weight is 196 g/mol. The first-order valence-corrected chi connectivity index (χ1v) is 6.23. The summed E-state index contributed by atoms with van der Waals surface area (Å²) in [6.07, 6.45) is 8.01. The van der Waals surface area contributed by atoms with Gasteiger partial charge in [-0.2, -0.15) is 0 Å². The zero-order valence-electron chi connectivity index (χ0n) is 9.47. The summed E-state index contributed by atoms with van der Waals surface area (Å²) in [5.74, 6) is 0.962. The van der Waals surface area contributed by atoms with Crippen LogP contribution in [-0.2, 0) is 0 Å². The second-order valence-corrected chi connectivity index (χ2v) is 5.39. The molecule has 2 nitrogen and oxygen atoms in total. The predicted octanol–water partition coefficient (Wildman–Crippen LogP) is 1.99. The molecule has 1 aliphatic carbocycles. The fourth-order valence-corrected chi connectivity index (χ4v) is 2.93. The summed E-state index contributed by atoms with van der Waals surface area (Å²) in [5, 5.41) is 0. The van der Waals surface area contributed by atoms with E-state index in [9.17, 15) is 0 Å². The Morgan fingerprint density at radius 1 is 1.43 bits per heavy atom. The van der Waals surface area contributed by atoms with Crippen LogP contribution in [-0.4, -0.2) is 30.1 Å². The molecule has 1 saturated carbocycles. The molecule has 0 aromatic carbocycles. The molecule has 0 aromatic heterocycles. The van der Waals surface area contributed by atoms with Crippen LogP contribution in [0.1, 0.15) is 45.4 Å². The molecule has 1 heterocycles. The first-order valence-electron chi connectivity index (χ1n) is 6.23. The van der Waals surface area contributed by atoms with Crippen molar-refractivity contribution in [3.63, 3.8) is 0 Å². The third-order valence-electron chi connectivity index (χ3n) is 3.95. The van der Waals surface area contributed by atoms with Crippen LogP contribution >= 0.6 is 0 Å². The molecule has 2 heteroatoms. The Morgan fingerprint density at radius 2 is 2.21 bits per heavy atom. The van der Waals surface area contributed by atoms with E-state index in [4.69, 9.17) is 5.73 Å². The molecule has 82 valence electrons. The number of likely N-dealkylation sites (tertiary alicyclic amines) is 1. The Labute approximate surface area is 87.8 Å². The maximum Gasteiger partial charge on any atom is 0.0283 e. The van der Waals surface area contributed by atoms with E-state index in [0.717, 1.165) is 12.5 Å². The van der Waals surface area contributed by atoms with Crippen molar-refractivity contribution >= 4 is 0 Å². The summed E-state index contributed by atoms with van der Waals surface area (Å²) in [5.41, 5.74) is 6.46. The van der Waals surface area contributed by atoms with Crippen molar-refractivity contribution in [2.24, 2.45) is 11.7 Å². The molecule has 0 aromatic rings. The average Bonchev–Trinajstić information content (AvgIpc) is 2.51. The Bertz CT molecular complexity index is 187. The predicted molar refractivity (Wildman–Crippen MR) is 60.2 cm³/mol. The maximum atomic E-state index is 6.26. The number of rotatable bonds is 4. The summed E-state index contributed by atoms with van der Waals surface area (Å²) in [7, 11) is 0. The minimum Gasteiger partial charge on any atom is -0.324 e. The van der Waals surface area contributed by atoms with Crippen LogP contribution in [0.4, 0.5) is 0 Å². The zero-order valence-corrected chi connectivity index (χ0v) is 9.47. The highest BCUT2D eigenvalue weighted by atomic mass is 15.2. The van der Waals surface area contributed by atoms with Gasteiger partial charge in [0.15, 0.2) is 0 Å². The highest BCUT2D eigenvalue weighted by Gasteiger charge is 2.36. The SMILES string of the molecule is CCCC1CCN(CC2(N)CCC2)C1. The Hall–Kier alpha value is -0.0800. The van der Waals surface area contributed by atoms with Crippen molar-refractivity contribution < 1.29 is 0 Å². The molecule has 0 amide bonds. The minimum atomic E-state index is 0.196. The number of hydrogen-bond acceptors (Lipinski definition) is 2. The van der Waals surface area contributed by atoms with Gasteiger partial charge >= 0.3 is 0 Å². The number of nitrogens with zero attached hydrogens (tertiary/aromatic N) is 1. The van der Waals surface area contributed by atoms with Gasteiger partial charge in [0.05, 0.1) is 0 Å². The fourth-order valence-electron chi connectivity index (χ4n) is 2.93. The van der Waals surface area contributed by atoms with E-state index in [1.807, 2.05) is 0 Å². The van der Waals surface area contributed by atoms with E-state index in [-0.39, 0.29) is 5.54 Å². The molecule has 2 aliphatic rings. The van der Waals surface area contributed by atoms with Gasteiger partial charge in [-0.25, -0.2) is 0 Å². The van der Waals surface area contributed by atoms with Gasteiger partial charge in [-0.3, -0.25) is 0 Å². The topological polar surface area (TPSA) is 29.3 Å². The van der Waals surface area contributed by atoms with Crippen molar-refractivity contribution in [2.45, 2.75) is 51.0 Å². The molecule has 1 aliphatic heterocycles. The highest BCUT2D eigenvalue weighted by Crippen LogP contribution is 2.32. The fraction of sp³-hybridized carbons (Fsp3) is 1.00. The Kier molecular flexibility index (Phi) is 3.13. The molecular formula is C12H24N2. The number of hydrogen-bond donors (Lipinski definition) is 1. The molecule has 1 saturated heterocycles. The Morgan fingerprint density at radius 3 is 2.79 bits per heavy atom. The molecule has 2 rings (SSSR count). The van der Waals surface area contributed by atoms with Crippen LogP contribution in [0.5, 0.6) is 0 Å². The van der Waals surface area contributed by atoms with E-state index < -0.39 is 0 Å². The van der Waals surface area contributed by atoms with Crippen molar-refractivity contribution in [3.8, 4) is 0 Å². The molecule has 14 heavy (non-hydrogen) atoms. The lowest BCUT2D eigenvalue weighted by molar-refractivity contribution is 0.161. The quantitative estimate of drug-likeness (QED) is 0.745. The lowest BCUT2D eigenvalue weighted by Gasteiger charge is -2.41. The first kappa shape index (κ1) is 10.4. The summed E-state index contributed by atoms with van der Waals surface area (Å²) >= 11 is 0. The van der Waals surface area contributed by atoms with E-state index in [2.05, 4.69) is 11.8 Å². The van der Waals surface area contributed by atoms with Crippen molar-refractivity contribution in [2.75, 3.05) is 19.6 Å². The van der Waals surface area contributed by atoms with Gasteiger partial charge in [-0.05, 0) is 44.6 Å². The van der Waals surface area contributed by atoms with Crippen LogP contribution in [0.25, 0.3) is 0 Å². The molecular weight excluding hydrogens is 172 g/mol. The van der Waals surface area contributed by atoms with E-state index in [0.29, 0.717) is 0 Å². The van der Waals surface area contributed by atoms with Crippen molar-refractivity contribution in [1.82, 2.24) is 4.90 Å². The van der Waals surface area contributed by atoms with Crippen LogP contribution in [0, 0.1) is 5.92 Å². The molecule has 2 N–H and O–H groups in total. The second-order valence-electron chi connectivity index (χ2n) is 5.39. The molecule has 1 atom stereocenters. The van der Waals surface area contributed by atoms with E-state index in [1.54, 1.807) is 0 Å². The normalized spacial score (nSPS) is 31.7. The van der Waals surface area contributed by atoms with Crippen molar-refractivity contribution in [1.29, 1.82) is 0 Å². The molecule has 2 fully saturated rings. The summed E-state index contributed by atoms with van der Waals surface area (Å²) in [6, 6.07) is 0. The third-order valence-corrected chi connectivity index (χ3v) is 3.95. The Balaban J connectivity index is 1.73. The highest BCUT2D eigenvalue weighted by molar-refractivity contribution is 4.96. The van der Waals surface area contributed by atoms with Gasteiger partial charge in [0.2, 0.25) is 0 Å². The zero-order chi connectivity index (χ0) is 10.0. The van der Waals surface area contributed by atoms with E-state index >= 15 is 0 Å². The van der Waals surface area contributed by atoms with Gasteiger partial charge in [0.25, 0.3) is 0 Å². The lowest BCUT2D eigenvalue weighted by Crippen LogP contribution is -2.54. The molecule has 1 unspecified atom stereocenters. The summed E-state index contributed by atoms with van der Waals surface area (Å²) < 4.78 is 0. The van der Waals surface area contributed by atoms with Gasteiger partial charge in [-0.15, -0.1) is 0 Å². The smallest absolute Gasteiger partial charge is 0.0283 e. The van der Waals surface area contributed by atoms with Crippen LogP contribution in [0.2, 0.25) is 0 Å². The lowest BCUT2D eigenvalue weighted by atomic mass is 9.77. The maximum absolute atomic E-state index is 6.26. The van der Waals surface area contributed by atoms with Gasteiger partial charge < -0.3 is 10.6 Å². The monoisotopic (exact) mass is 196 g/mol. The van der Waals surface area contributed by atoms with Crippen LogP contribution in [0.3, 0.4) is 0 Å². The largest absolute Gasteiger partial charge is 0.324 e. The van der Waals surface area contributed by atoms with Crippen LogP contribution in [0.15, 0.2) is 0 Å². The van der Waals surface area contributed by atoms with Gasteiger partial charge in [-0.1, -0.05) is 13.3 Å². The third kappa shape index (κ3) is 2.29. The van der Waals surface area contributed by atoms with E-state index in [1.165, 1.54) is 51.6 Å².